The van der Waals surface area contributed by atoms with Crippen molar-refractivity contribution < 1.29 is 9.59 Å². The molecular weight excluding hydrogens is 290 g/mol. The van der Waals surface area contributed by atoms with Crippen molar-refractivity contribution in [2.75, 3.05) is 5.32 Å². The van der Waals surface area contributed by atoms with Crippen LogP contribution in [0.4, 0.5) is 5.69 Å². The molecule has 0 unspecified atom stereocenters. The summed E-state index contributed by atoms with van der Waals surface area (Å²) in [4.78, 5) is 23.4. The molecule has 1 aliphatic rings. The first kappa shape index (κ1) is 17.5. The van der Waals surface area contributed by atoms with Gasteiger partial charge in [0.1, 0.15) is 0 Å². The highest BCUT2D eigenvalue weighted by Gasteiger charge is 2.29. The fourth-order valence-corrected chi connectivity index (χ4v) is 3.18. The van der Waals surface area contributed by atoms with Crippen LogP contribution in [0.2, 0.25) is 0 Å². The fraction of sp³-hybridized carbons (Fsp3) is 0.556. The molecular formula is C18H27N3O2. The van der Waals surface area contributed by atoms with Crippen LogP contribution in [0, 0.1) is 11.8 Å². The van der Waals surface area contributed by atoms with Crippen molar-refractivity contribution in [3.63, 3.8) is 0 Å². The van der Waals surface area contributed by atoms with Crippen LogP contribution in [-0.2, 0) is 4.79 Å². The number of carbonyl (C=O) groups is 2. The largest absolute Gasteiger partial charge is 0.366 e. The summed E-state index contributed by atoms with van der Waals surface area (Å²) in [5, 5.41) is 6.33. The predicted molar refractivity (Wildman–Crippen MR) is 92.2 cm³/mol. The molecule has 1 aliphatic carbocycles. The highest BCUT2D eigenvalue weighted by Crippen LogP contribution is 2.29. The molecule has 23 heavy (non-hydrogen) atoms. The molecule has 1 fully saturated rings. The number of nitrogens with two attached hydrogens (primary N) is 1. The minimum absolute atomic E-state index is 0.0674. The van der Waals surface area contributed by atoms with Crippen LogP contribution in [0.15, 0.2) is 24.3 Å². The Bertz CT molecular complexity index is 556. The van der Waals surface area contributed by atoms with Crippen molar-refractivity contribution in [1.82, 2.24) is 5.32 Å². The van der Waals surface area contributed by atoms with Gasteiger partial charge in [0.25, 0.3) is 0 Å². The topological polar surface area (TPSA) is 84.2 Å². The standard InChI is InChI=1S/C18H27N3O2/c1-11-5-4-6-16(12(11)2)20-13(3)18(23)21-15-9-7-14(8-10-15)17(19)22/h7-13,16,20H,4-6H2,1-3H3,(H2,19,22)(H,21,23)/t11-,12+,13-,16-/m0/s1. The third-order valence-corrected chi connectivity index (χ3v) is 5.00. The third kappa shape index (κ3) is 4.55. The molecule has 5 nitrogen and oxygen atoms in total. The first-order chi connectivity index (χ1) is 10.9. The van der Waals surface area contributed by atoms with Gasteiger partial charge >= 0.3 is 0 Å². The minimum Gasteiger partial charge on any atom is -0.366 e. The van der Waals surface area contributed by atoms with E-state index in [1.54, 1.807) is 24.3 Å². The monoisotopic (exact) mass is 317 g/mol. The molecule has 0 bridgehead atoms. The lowest BCUT2D eigenvalue weighted by molar-refractivity contribution is -0.118. The van der Waals surface area contributed by atoms with Crippen molar-refractivity contribution in [2.24, 2.45) is 17.6 Å². The molecule has 0 radical (unpaired) electrons. The second-order valence-corrected chi connectivity index (χ2v) is 6.69. The molecule has 1 aromatic rings. The molecule has 0 heterocycles. The Balaban J connectivity index is 1.90. The lowest BCUT2D eigenvalue weighted by Crippen LogP contribution is -2.49. The van der Waals surface area contributed by atoms with Gasteiger partial charge in [-0.25, -0.2) is 0 Å². The van der Waals surface area contributed by atoms with E-state index in [0.29, 0.717) is 29.1 Å². The summed E-state index contributed by atoms with van der Waals surface area (Å²) < 4.78 is 0. The first-order valence-electron chi connectivity index (χ1n) is 8.35. The lowest BCUT2D eigenvalue weighted by Gasteiger charge is -2.36. The normalized spacial score (nSPS) is 25.6. The molecule has 5 heteroatoms. The van der Waals surface area contributed by atoms with Crippen LogP contribution >= 0.6 is 0 Å². The number of hydrogen-bond donors (Lipinski definition) is 3. The number of nitrogens with one attached hydrogen (secondary N) is 2. The van der Waals surface area contributed by atoms with E-state index in [4.69, 9.17) is 5.73 Å². The van der Waals surface area contributed by atoms with Crippen LogP contribution < -0.4 is 16.4 Å². The summed E-state index contributed by atoms with van der Waals surface area (Å²) in [5.74, 6) is 0.729. The summed E-state index contributed by atoms with van der Waals surface area (Å²) in [6.45, 7) is 6.43. The molecule has 0 spiro atoms. The van der Waals surface area contributed by atoms with E-state index < -0.39 is 5.91 Å². The average molecular weight is 317 g/mol. The van der Waals surface area contributed by atoms with Crippen molar-refractivity contribution in [1.29, 1.82) is 0 Å². The first-order valence-corrected chi connectivity index (χ1v) is 8.35. The van der Waals surface area contributed by atoms with Crippen LogP contribution in [0.1, 0.15) is 50.4 Å². The average Bonchev–Trinajstić information content (AvgIpc) is 2.52. The molecule has 1 saturated carbocycles. The molecule has 0 aromatic heterocycles. The third-order valence-electron chi connectivity index (χ3n) is 5.00. The van der Waals surface area contributed by atoms with Crippen LogP contribution in [0.5, 0.6) is 0 Å². The molecule has 0 saturated heterocycles. The van der Waals surface area contributed by atoms with Crippen molar-refractivity contribution in [2.45, 2.75) is 52.1 Å². The maximum absolute atomic E-state index is 12.3. The van der Waals surface area contributed by atoms with E-state index >= 15 is 0 Å². The molecule has 126 valence electrons. The van der Waals surface area contributed by atoms with Crippen molar-refractivity contribution in [3.8, 4) is 0 Å². The van der Waals surface area contributed by atoms with Gasteiger partial charge in [-0.3, -0.25) is 9.59 Å². The molecule has 0 aliphatic heterocycles. The molecule has 2 rings (SSSR count). The maximum atomic E-state index is 12.3. The predicted octanol–water partition coefficient (Wildman–Crippen LogP) is 2.53. The molecule has 1 aromatic carbocycles. The Labute approximate surface area is 138 Å². The second kappa shape index (κ2) is 7.59. The number of benzene rings is 1. The zero-order valence-corrected chi connectivity index (χ0v) is 14.1. The SMILES string of the molecule is C[C@H]1[C@@H](N[C@@H](C)C(=O)Nc2ccc(C(N)=O)cc2)CCC[C@@H]1C. The molecule has 2 amide bonds. The fourth-order valence-electron chi connectivity index (χ4n) is 3.18. The van der Waals surface area contributed by atoms with E-state index in [-0.39, 0.29) is 11.9 Å². The molecule has 4 N–H and O–H groups in total. The van der Waals surface area contributed by atoms with Gasteiger partial charge in [-0.2, -0.15) is 0 Å². The van der Waals surface area contributed by atoms with Gasteiger partial charge in [-0.1, -0.05) is 26.7 Å². The van der Waals surface area contributed by atoms with Gasteiger partial charge in [-0.15, -0.1) is 0 Å². The van der Waals surface area contributed by atoms with Gasteiger partial charge in [0.05, 0.1) is 6.04 Å². The van der Waals surface area contributed by atoms with Crippen LogP contribution in [0.25, 0.3) is 0 Å². The zero-order chi connectivity index (χ0) is 17.0. The maximum Gasteiger partial charge on any atom is 0.248 e. The van der Waals surface area contributed by atoms with Gasteiger partial charge in [-0.05, 0) is 49.4 Å². The van der Waals surface area contributed by atoms with E-state index in [0.717, 1.165) is 6.42 Å². The van der Waals surface area contributed by atoms with Crippen molar-refractivity contribution >= 4 is 17.5 Å². The Morgan fingerprint density at radius 3 is 2.43 bits per heavy atom. The quantitative estimate of drug-likeness (QED) is 0.780. The number of carbonyl (C=O) groups excluding carboxylic acids is 2. The van der Waals surface area contributed by atoms with Crippen LogP contribution in [0.3, 0.4) is 0 Å². The second-order valence-electron chi connectivity index (χ2n) is 6.69. The van der Waals surface area contributed by atoms with Gasteiger partial charge in [0.2, 0.25) is 11.8 Å². The number of amides is 2. The van der Waals surface area contributed by atoms with E-state index in [1.165, 1.54) is 12.8 Å². The summed E-state index contributed by atoms with van der Waals surface area (Å²) in [6.07, 6.45) is 3.61. The number of primary amides is 1. The Morgan fingerprint density at radius 2 is 1.83 bits per heavy atom. The number of rotatable bonds is 5. The van der Waals surface area contributed by atoms with Crippen LogP contribution in [-0.4, -0.2) is 23.9 Å². The highest BCUT2D eigenvalue weighted by molar-refractivity contribution is 5.96. The highest BCUT2D eigenvalue weighted by atomic mass is 16.2. The summed E-state index contributed by atoms with van der Waals surface area (Å²) in [5.41, 5.74) is 6.30. The van der Waals surface area contributed by atoms with E-state index in [2.05, 4.69) is 24.5 Å². The number of anilines is 1. The summed E-state index contributed by atoms with van der Waals surface area (Å²) >= 11 is 0. The smallest absolute Gasteiger partial charge is 0.248 e. The Kier molecular flexibility index (Phi) is 5.77. The summed E-state index contributed by atoms with van der Waals surface area (Å²) in [6, 6.07) is 6.73. The van der Waals surface area contributed by atoms with Gasteiger partial charge < -0.3 is 16.4 Å². The van der Waals surface area contributed by atoms with E-state index in [1.807, 2.05) is 6.92 Å². The van der Waals surface area contributed by atoms with Gasteiger partial charge in [0.15, 0.2) is 0 Å². The molecule has 4 atom stereocenters. The van der Waals surface area contributed by atoms with E-state index in [9.17, 15) is 9.59 Å². The van der Waals surface area contributed by atoms with Crippen molar-refractivity contribution in [3.05, 3.63) is 29.8 Å². The summed E-state index contributed by atoms with van der Waals surface area (Å²) in [7, 11) is 0. The minimum atomic E-state index is -0.474. The number of hydrogen-bond acceptors (Lipinski definition) is 3. The zero-order valence-electron chi connectivity index (χ0n) is 14.1. The Morgan fingerprint density at radius 1 is 1.17 bits per heavy atom. The Hall–Kier alpha value is -1.88. The lowest BCUT2D eigenvalue weighted by atomic mass is 9.78. The van der Waals surface area contributed by atoms with Gasteiger partial charge in [0, 0.05) is 17.3 Å².